The molecule has 9 heteroatoms. The van der Waals surface area contributed by atoms with Crippen molar-refractivity contribution in [1.82, 2.24) is 14.9 Å². The molecular weight excluding hydrogens is 480 g/mol. The Kier molecular flexibility index (Phi) is 6.94. The van der Waals surface area contributed by atoms with E-state index < -0.39 is 6.10 Å². The van der Waals surface area contributed by atoms with Crippen LogP contribution in [0.1, 0.15) is 60.5 Å². The molecule has 2 aromatic heterocycles. The van der Waals surface area contributed by atoms with Crippen LogP contribution in [0.15, 0.2) is 24.5 Å². The van der Waals surface area contributed by atoms with Gasteiger partial charge in [0.2, 0.25) is 5.91 Å². The van der Waals surface area contributed by atoms with Crippen molar-refractivity contribution in [2.45, 2.75) is 52.1 Å². The van der Waals surface area contributed by atoms with E-state index in [4.69, 9.17) is 4.98 Å². The first-order valence-corrected chi connectivity index (χ1v) is 14.5. The van der Waals surface area contributed by atoms with Crippen LogP contribution in [0.4, 0.5) is 5.13 Å². The van der Waals surface area contributed by atoms with Crippen LogP contribution in [0.25, 0.3) is 0 Å². The van der Waals surface area contributed by atoms with Gasteiger partial charge < -0.3 is 10.0 Å². The molecule has 0 aromatic carbocycles. The second-order valence-electron chi connectivity index (χ2n) is 10.6. The van der Waals surface area contributed by atoms with Gasteiger partial charge in [0.05, 0.1) is 11.8 Å². The summed E-state index contributed by atoms with van der Waals surface area (Å²) < 4.78 is 0. The number of thiazole rings is 1. The number of aliphatic hydroxyl groups is 1. The number of pyridine rings is 1. The topological polar surface area (TPSA) is 95.4 Å². The second kappa shape index (κ2) is 9.82. The summed E-state index contributed by atoms with van der Waals surface area (Å²) in [5.41, 5.74) is 1.48. The van der Waals surface area contributed by atoms with E-state index in [1.165, 1.54) is 4.88 Å². The molecule has 2 N–H and O–H groups in total. The molecule has 2 fully saturated rings. The van der Waals surface area contributed by atoms with Crippen LogP contribution in [0.3, 0.4) is 0 Å². The average molecular weight is 515 g/mol. The quantitative estimate of drug-likeness (QED) is 0.639. The average Bonchev–Trinajstić information content (AvgIpc) is 3.26. The SMILES string of the molecule is C[C@H](C(=O)N1CCSCC1)[C@@H]1CC[C@]2(C)Cc3sc(NC(=O)c4ccncc4)nc3[C@H](C)[C@@H]2[C@H]1O. The molecule has 1 aliphatic heterocycles. The Morgan fingerprint density at radius 2 is 1.97 bits per heavy atom. The molecule has 2 aromatic rings. The zero-order chi connectivity index (χ0) is 24.7. The first kappa shape index (κ1) is 24.7. The first-order valence-electron chi connectivity index (χ1n) is 12.5. The number of anilines is 1. The Bertz CT molecular complexity index is 1090. The number of thioether (sulfide) groups is 1. The van der Waals surface area contributed by atoms with Gasteiger partial charge in [-0.3, -0.25) is 19.9 Å². The van der Waals surface area contributed by atoms with Gasteiger partial charge in [-0.05, 0) is 48.6 Å². The maximum Gasteiger partial charge on any atom is 0.257 e. The number of rotatable bonds is 4. The summed E-state index contributed by atoms with van der Waals surface area (Å²) in [6, 6.07) is 3.37. The molecule has 0 bridgehead atoms. The lowest BCUT2D eigenvalue weighted by atomic mass is 9.53. The highest BCUT2D eigenvalue weighted by atomic mass is 32.2. The van der Waals surface area contributed by atoms with Crippen LogP contribution < -0.4 is 5.32 Å². The molecule has 1 saturated heterocycles. The van der Waals surface area contributed by atoms with Gasteiger partial charge in [0.1, 0.15) is 0 Å². The lowest BCUT2D eigenvalue weighted by Crippen LogP contribution is -2.54. The molecule has 3 heterocycles. The highest BCUT2D eigenvalue weighted by Crippen LogP contribution is 2.57. The zero-order valence-electron chi connectivity index (χ0n) is 20.6. The lowest BCUT2D eigenvalue weighted by molar-refractivity contribution is -0.144. The van der Waals surface area contributed by atoms with Crippen molar-refractivity contribution in [3.05, 3.63) is 40.7 Å². The minimum atomic E-state index is -0.549. The van der Waals surface area contributed by atoms with Crippen molar-refractivity contribution in [3.63, 3.8) is 0 Å². The van der Waals surface area contributed by atoms with Gasteiger partial charge in [0.15, 0.2) is 5.13 Å². The van der Waals surface area contributed by atoms with E-state index in [-0.39, 0.29) is 40.9 Å². The summed E-state index contributed by atoms with van der Waals surface area (Å²) >= 11 is 3.44. The minimum absolute atomic E-state index is 0.0340. The maximum atomic E-state index is 13.2. The number of hydrogen-bond donors (Lipinski definition) is 2. The van der Waals surface area contributed by atoms with E-state index in [0.717, 1.165) is 49.6 Å². The monoisotopic (exact) mass is 514 g/mol. The van der Waals surface area contributed by atoms with Crippen molar-refractivity contribution in [3.8, 4) is 0 Å². The van der Waals surface area contributed by atoms with E-state index in [1.807, 2.05) is 23.6 Å². The number of aliphatic hydroxyl groups excluding tert-OH is 1. The third kappa shape index (κ3) is 4.62. The number of carbonyl (C=O) groups excluding carboxylic acids is 2. The van der Waals surface area contributed by atoms with Crippen LogP contribution in [0.5, 0.6) is 0 Å². The number of amides is 2. The Labute approximate surface area is 215 Å². The van der Waals surface area contributed by atoms with Crippen molar-refractivity contribution in [2.75, 3.05) is 29.9 Å². The van der Waals surface area contributed by atoms with Gasteiger partial charge >= 0.3 is 0 Å². The van der Waals surface area contributed by atoms with Crippen LogP contribution in [-0.2, 0) is 11.2 Å². The lowest BCUT2D eigenvalue weighted by Gasteiger charge is -2.53. The molecule has 3 aliphatic rings. The fourth-order valence-corrected chi connectivity index (χ4v) is 8.69. The fourth-order valence-electron chi connectivity index (χ4n) is 6.53. The van der Waals surface area contributed by atoms with Crippen molar-refractivity contribution >= 4 is 40.0 Å². The van der Waals surface area contributed by atoms with E-state index in [2.05, 4.69) is 24.1 Å². The van der Waals surface area contributed by atoms with E-state index >= 15 is 0 Å². The molecule has 5 rings (SSSR count). The standard InChI is InChI=1S/C26H34N4O3S2/c1-15(24(33)30-10-12-34-13-11-30)18-4-7-26(3)14-19-21(16(2)20(26)22(18)31)28-25(35-19)29-23(32)17-5-8-27-9-6-17/h5-6,8-9,15-16,18,20,22,31H,4,7,10-14H2,1-3H3,(H,28,29,32)/t15-,16+,18-,20+,22-,26+/m0/s1. The molecule has 1 saturated carbocycles. The van der Waals surface area contributed by atoms with E-state index in [0.29, 0.717) is 10.7 Å². The van der Waals surface area contributed by atoms with Gasteiger partial charge in [-0.15, -0.1) is 11.3 Å². The highest BCUT2D eigenvalue weighted by molar-refractivity contribution is 7.99. The summed E-state index contributed by atoms with van der Waals surface area (Å²) in [6.07, 6.45) is 5.33. The number of carbonyl (C=O) groups is 2. The molecule has 0 unspecified atom stereocenters. The largest absolute Gasteiger partial charge is 0.392 e. The van der Waals surface area contributed by atoms with Crippen LogP contribution >= 0.6 is 23.1 Å². The van der Waals surface area contributed by atoms with Crippen molar-refractivity contribution in [2.24, 2.45) is 23.2 Å². The number of nitrogens with zero attached hydrogens (tertiary/aromatic N) is 3. The number of nitrogens with one attached hydrogen (secondary N) is 1. The zero-order valence-corrected chi connectivity index (χ0v) is 22.2. The van der Waals surface area contributed by atoms with Gasteiger partial charge in [0.25, 0.3) is 5.91 Å². The van der Waals surface area contributed by atoms with Gasteiger partial charge in [-0.25, -0.2) is 4.98 Å². The molecule has 7 nitrogen and oxygen atoms in total. The predicted molar refractivity (Wildman–Crippen MR) is 140 cm³/mol. The molecule has 35 heavy (non-hydrogen) atoms. The smallest absolute Gasteiger partial charge is 0.257 e. The Morgan fingerprint density at radius 1 is 1.26 bits per heavy atom. The van der Waals surface area contributed by atoms with Crippen molar-refractivity contribution < 1.29 is 14.7 Å². The number of aromatic nitrogens is 2. The fraction of sp³-hybridized carbons (Fsp3) is 0.615. The van der Waals surface area contributed by atoms with Crippen LogP contribution in [-0.4, -0.2) is 62.5 Å². The second-order valence-corrected chi connectivity index (χ2v) is 12.9. The molecule has 0 radical (unpaired) electrons. The van der Waals surface area contributed by atoms with E-state index in [1.54, 1.807) is 35.9 Å². The number of fused-ring (bicyclic) bond motifs is 2. The third-order valence-electron chi connectivity index (χ3n) is 8.44. The maximum absolute atomic E-state index is 13.2. The van der Waals surface area contributed by atoms with E-state index in [9.17, 15) is 14.7 Å². The molecule has 2 amide bonds. The molecule has 2 aliphatic carbocycles. The number of hydrogen-bond acceptors (Lipinski definition) is 7. The third-order valence-corrected chi connectivity index (χ3v) is 10.4. The summed E-state index contributed by atoms with van der Waals surface area (Å²) in [5.74, 6) is 1.85. The minimum Gasteiger partial charge on any atom is -0.392 e. The summed E-state index contributed by atoms with van der Waals surface area (Å²) in [7, 11) is 0. The Morgan fingerprint density at radius 3 is 2.69 bits per heavy atom. The normalized spacial score (nSPS) is 31.3. The highest BCUT2D eigenvalue weighted by Gasteiger charge is 2.54. The summed E-state index contributed by atoms with van der Waals surface area (Å²) in [6.45, 7) is 8.05. The summed E-state index contributed by atoms with van der Waals surface area (Å²) in [4.78, 5) is 37.8. The van der Waals surface area contributed by atoms with Gasteiger partial charge in [-0.1, -0.05) is 20.8 Å². The predicted octanol–water partition coefficient (Wildman–Crippen LogP) is 4.05. The Hall–Kier alpha value is -1.97. The van der Waals surface area contributed by atoms with Gasteiger partial charge in [-0.2, -0.15) is 11.8 Å². The molecule has 0 spiro atoms. The van der Waals surface area contributed by atoms with Crippen molar-refractivity contribution in [1.29, 1.82) is 0 Å². The van der Waals surface area contributed by atoms with Crippen LogP contribution in [0.2, 0.25) is 0 Å². The van der Waals surface area contributed by atoms with Gasteiger partial charge in [0, 0.05) is 59.3 Å². The molecule has 188 valence electrons. The van der Waals surface area contributed by atoms with Crippen LogP contribution in [0, 0.1) is 23.2 Å². The first-order chi connectivity index (χ1) is 16.8. The molecule has 6 atom stereocenters. The summed E-state index contributed by atoms with van der Waals surface area (Å²) in [5, 5.41) is 15.2. The Balaban J connectivity index is 1.34. The molecular formula is C26H34N4O3S2.